The molecule has 0 saturated heterocycles. The van der Waals surface area contributed by atoms with Crippen molar-refractivity contribution >= 4 is 5.96 Å². The Labute approximate surface area is 42.0 Å². The zero-order valence-corrected chi connectivity index (χ0v) is 4.15. The van der Waals surface area contributed by atoms with Gasteiger partial charge in [-0.05, 0) is 6.92 Å². The van der Waals surface area contributed by atoms with E-state index in [0.717, 1.165) is 0 Å². The van der Waals surface area contributed by atoms with Crippen LogP contribution in [0, 0.1) is 5.41 Å². The average Bonchev–Trinajstić information content (AvgIpc) is 1.68. The van der Waals surface area contributed by atoms with Crippen LogP contribution in [0.2, 0.25) is 0 Å². The molecule has 4 nitrogen and oxygen atoms in total. The quantitative estimate of drug-likeness (QED) is 0.206. The Morgan fingerprint density at radius 3 is 2.57 bits per heavy atom. The van der Waals surface area contributed by atoms with Gasteiger partial charge in [0.25, 0.3) is 0 Å². The summed E-state index contributed by atoms with van der Waals surface area (Å²) in [7, 11) is 0. The zero-order valence-electron chi connectivity index (χ0n) is 4.15. The van der Waals surface area contributed by atoms with E-state index in [0.29, 0.717) is 6.54 Å². The van der Waals surface area contributed by atoms with Crippen molar-refractivity contribution < 1.29 is 5.21 Å². The van der Waals surface area contributed by atoms with Crippen LogP contribution in [0.15, 0.2) is 0 Å². The van der Waals surface area contributed by atoms with Crippen molar-refractivity contribution in [3.8, 4) is 0 Å². The first-order valence-corrected chi connectivity index (χ1v) is 2.03. The topological polar surface area (TPSA) is 68.1 Å². The molecular formula is C3H9N3O. The van der Waals surface area contributed by atoms with Gasteiger partial charge >= 0.3 is 0 Å². The third-order valence-corrected chi connectivity index (χ3v) is 0.465. The van der Waals surface area contributed by atoms with E-state index in [9.17, 15) is 0 Å². The molecule has 0 fully saturated rings. The Hall–Kier alpha value is -0.770. The highest BCUT2D eigenvalue weighted by molar-refractivity contribution is 5.74. The summed E-state index contributed by atoms with van der Waals surface area (Å²) in [5, 5.41) is 17.1. The van der Waals surface area contributed by atoms with Gasteiger partial charge in [-0.3, -0.25) is 10.6 Å². The lowest BCUT2D eigenvalue weighted by molar-refractivity contribution is 0.228. The summed E-state index contributed by atoms with van der Waals surface area (Å²) in [6.07, 6.45) is 0. The van der Waals surface area contributed by atoms with Gasteiger partial charge in [-0.15, -0.1) is 0 Å². The van der Waals surface area contributed by atoms with Crippen molar-refractivity contribution in [1.29, 1.82) is 5.41 Å². The highest BCUT2D eigenvalue weighted by Crippen LogP contribution is 1.51. The molecule has 0 spiro atoms. The predicted octanol–water partition coefficient (Wildman–Crippen LogP) is -0.491. The standard InChI is InChI=1S/C3H9N3O/c1-2-5-3(4)6-7/h7H,2H2,1H3,(H3,4,5,6). The minimum Gasteiger partial charge on any atom is -0.355 e. The smallest absolute Gasteiger partial charge is 0.212 e. The molecule has 0 heterocycles. The van der Waals surface area contributed by atoms with Gasteiger partial charge in [-0.1, -0.05) is 0 Å². The molecule has 7 heavy (non-hydrogen) atoms. The summed E-state index contributed by atoms with van der Waals surface area (Å²) in [4.78, 5) is 0. The SMILES string of the molecule is CCNC(=N)NO. The Morgan fingerprint density at radius 1 is 1.86 bits per heavy atom. The first-order chi connectivity index (χ1) is 3.31. The maximum atomic E-state index is 7.93. The molecule has 0 amide bonds. The molecule has 0 atom stereocenters. The van der Waals surface area contributed by atoms with Crippen molar-refractivity contribution in [3.05, 3.63) is 0 Å². The molecule has 0 rings (SSSR count). The van der Waals surface area contributed by atoms with Crippen molar-refractivity contribution in [2.75, 3.05) is 6.54 Å². The van der Waals surface area contributed by atoms with E-state index in [1.165, 1.54) is 0 Å². The van der Waals surface area contributed by atoms with Gasteiger partial charge < -0.3 is 5.32 Å². The Kier molecular flexibility index (Phi) is 3.04. The third-order valence-electron chi connectivity index (χ3n) is 0.465. The van der Waals surface area contributed by atoms with Gasteiger partial charge in [-0.25, -0.2) is 5.48 Å². The van der Waals surface area contributed by atoms with E-state index in [4.69, 9.17) is 10.6 Å². The summed E-state index contributed by atoms with van der Waals surface area (Å²) in [5.74, 6) is -0.0671. The minimum atomic E-state index is -0.0671. The van der Waals surface area contributed by atoms with Crippen LogP contribution in [0.25, 0.3) is 0 Å². The molecule has 0 saturated carbocycles. The highest BCUT2D eigenvalue weighted by Gasteiger charge is 1.82. The number of nitrogens with one attached hydrogen (secondary N) is 3. The van der Waals surface area contributed by atoms with Crippen LogP contribution in [0.5, 0.6) is 0 Å². The summed E-state index contributed by atoms with van der Waals surface area (Å²) < 4.78 is 0. The number of rotatable bonds is 1. The molecule has 0 aliphatic heterocycles. The molecule has 0 aliphatic carbocycles. The molecule has 0 aromatic rings. The van der Waals surface area contributed by atoms with E-state index >= 15 is 0 Å². The van der Waals surface area contributed by atoms with Gasteiger partial charge in [0, 0.05) is 6.54 Å². The van der Waals surface area contributed by atoms with Gasteiger partial charge in [0.2, 0.25) is 5.96 Å². The average molecular weight is 103 g/mol. The fourth-order valence-electron chi connectivity index (χ4n) is 0.216. The van der Waals surface area contributed by atoms with Crippen LogP contribution in [-0.4, -0.2) is 17.7 Å². The number of hydrogen-bond acceptors (Lipinski definition) is 2. The highest BCUT2D eigenvalue weighted by atomic mass is 16.5. The lowest BCUT2D eigenvalue weighted by Gasteiger charge is -1.99. The van der Waals surface area contributed by atoms with E-state index in [1.807, 2.05) is 6.92 Å². The van der Waals surface area contributed by atoms with Gasteiger partial charge in [0.1, 0.15) is 0 Å². The fourth-order valence-corrected chi connectivity index (χ4v) is 0.216. The minimum absolute atomic E-state index is 0.0671. The van der Waals surface area contributed by atoms with Crippen LogP contribution in [0.1, 0.15) is 6.92 Å². The van der Waals surface area contributed by atoms with Crippen molar-refractivity contribution in [1.82, 2.24) is 10.8 Å². The lowest BCUT2D eigenvalue weighted by Crippen LogP contribution is -2.33. The van der Waals surface area contributed by atoms with Crippen molar-refractivity contribution in [2.45, 2.75) is 6.92 Å². The maximum Gasteiger partial charge on any atom is 0.212 e. The van der Waals surface area contributed by atoms with Crippen LogP contribution in [0.3, 0.4) is 0 Å². The number of hydroxylamine groups is 1. The molecule has 0 radical (unpaired) electrons. The molecule has 0 aliphatic rings. The summed E-state index contributed by atoms with van der Waals surface area (Å²) in [5.41, 5.74) is 1.64. The first kappa shape index (κ1) is 6.23. The summed E-state index contributed by atoms with van der Waals surface area (Å²) in [6, 6.07) is 0. The van der Waals surface area contributed by atoms with Crippen LogP contribution in [0.4, 0.5) is 0 Å². The normalized spacial score (nSPS) is 7.71. The molecule has 0 aromatic carbocycles. The second kappa shape index (κ2) is 3.42. The van der Waals surface area contributed by atoms with E-state index in [1.54, 1.807) is 5.48 Å². The largest absolute Gasteiger partial charge is 0.355 e. The van der Waals surface area contributed by atoms with Crippen molar-refractivity contribution in [2.24, 2.45) is 0 Å². The zero-order chi connectivity index (χ0) is 5.70. The van der Waals surface area contributed by atoms with E-state index in [2.05, 4.69) is 5.32 Å². The molecule has 42 valence electrons. The van der Waals surface area contributed by atoms with E-state index in [-0.39, 0.29) is 5.96 Å². The molecule has 4 N–H and O–H groups in total. The van der Waals surface area contributed by atoms with Crippen molar-refractivity contribution in [3.63, 3.8) is 0 Å². The molecular weight excluding hydrogens is 94.1 g/mol. The molecule has 0 aromatic heterocycles. The third kappa shape index (κ3) is 3.05. The monoisotopic (exact) mass is 103 g/mol. The summed E-state index contributed by atoms with van der Waals surface area (Å²) >= 11 is 0. The molecule has 0 unspecified atom stereocenters. The maximum absolute atomic E-state index is 7.93. The molecule has 0 bridgehead atoms. The lowest BCUT2D eigenvalue weighted by atomic mass is 10.7. The number of guanidine groups is 1. The van der Waals surface area contributed by atoms with Gasteiger partial charge in [0.05, 0.1) is 0 Å². The predicted molar refractivity (Wildman–Crippen MR) is 26.3 cm³/mol. The Morgan fingerprint density at radius 2 is 2.43 bits per heavy atom. The van der Waals surface area contributed by atoms with E-state index < -0.39 is 0 Å². The number of hydrogen-bond donors (Lipinski definition) is 4. The second-order valence-corrected chi connectivity index (χ2v) is 1.02. The van der Waals surface area contributed by atoms with Gasteiger partial charge in [-0.2, -0.15) is 0 Å². The Bertz CT molecular complexity index is 63.2. The van der Waals surface area contributed by atoms with Crippen LogP contribution < -0.4 is 10.8 Å². The Balaban J connectivity index is 3.00. The van der Waals surface area contributed by atoms with Crippen LogP contribution in [-0.2, 0) is 0 Å². The van der Waals surface area contributed by atoms with Gasteiger partial charge in [0.15, 0.2) is 0 Å². The second-order valence-electron chi connectivity index (χ2n) is 1.02. The fraction of sp³-hybridized carbons (Fsp3) is 0.667. The first-order valence-electron chi connectivity index (χ1n) is 2.03. The molecule has 4 heteroatoms. The summed E-state index contributed by atoms with van der Waals surface area (Å²) in [6.45, 7) is 2.48. The van der Waals surface area contributed by atoms with Crippen LogP contribution >= 0.6 is 0 Å².